The number of hydrogen-bond donors (Lipinski definition) is 1. The third-order valence-electron chi connectivity index (χ3n) is 4.28. The van der Waals surface area contributed by atoms with Crippen molar-refractivity contribution < 1.29 is 4.74 Å². The predicted molar refractivity (Wildman–Crippen MR) is 81.8 cm³/mol. The summed E-state index contributed by atoms with van der Waals surface area (Å²) in [5, 5.41) is 0. The second-order valence-electron chi connectivity index (χ2n) is 6.01. The van der Waals surface area contributed by atoms with Gasteiger partial charge in [-0.1, -0.05) is 6.07 Å². The van der Waals surface area contributed by atoms with Crippen LogP contribution in [0.4, 0.5) is 0 Å². The van der Waals surface area contributed by atoms with Crippen molar-refractivity contribution in [3.05, 3.63) is 28.3 Å². The first-order valence-corrected chi connectivity index (χ1v) is 6.79. The fourth-order valence-corrected chi connectivity index (χ4v) is 2.25. The minimum absolute atomic E-state index is 0.00811. The lowest BCUT2D eigenvalue weighted by Gasteiger charge is -2.35. The molecular formula is C16H28N2O. The van der Waals surface area contributed by atoms with Gasteiger partial charge < -0.3 is 10.5 Å². The molecule has 0 atom stereocenters. The number of nitrogens with zero attached hydrogens (tertiary/aromatic N) is 1. The molecule has 0 aromatic heterocycles. The lowest BCUT2D eigenvalue weighted by molar-refractivity contribution is 0.155. The van der Waals surface area contributed by atoms with E-state index in [1.807, 2.05) is 0 Å². The maximum atomic E-state index is 5.84. The van der Waals surface area contributed by atoms with Crippen LogP contribution in [0.3, 0.4) is 0 Å². The molecule has 0 aliphatic carbocycles. The van der Waals surface area contributed by atoms with E-state index in [0.29, 0.717) is 6.54 Å². The fraction of sp³-hybridized carbons (Fsp3) is 0.625. The molecule has 3 nitrogen and oxygen atoms in total. The van der Waals surface area contributed by atoms with Gasteiger partial charge in [0.15, 0.2) is 0 Å². The predicted octanol–water partition coefficient (Wildman–Crippen LogP) is 2.79. The summed E-state index contributed by atoms with van der Waals surface area (Å²) in [6, 6.07) is 2.23. The van der Waals surface area contributed by atoms with Crippen LogP contribution in [-0.2, 0) is 6.54 Å². The lowest BCUT2D eigenvalue weighted by Crippen LogP contribution is -2.46. The molecule has 0 bridgehead atoms. The van der Waals surface area contributed by atoms with Crippen molar-refractivity contribution in [2.24, 2.45) is 5.73 Å². The van der Waals surface area contributed by atoms with Crippen LogP contribution in [0.15, 0.2) is 6.07 Å². The molecule has 108 valence electrons. The van der Waals surface area contributed by atoms with Crippen LogP contribution < -0.4 is 10.5 Å². The average Bonchev–Trinajstić information content (AvgIpc) is 2.36. The van der Waals surface area contributed by atoms with Crippen LogP contribution in [0.25, 0.3) is 0 Å². The molecule has 0 saturated carbocycles. The molecule has 0 spiro atoms. The van der Waals surface area contributed by atoms with Crippen molar-refractivity contribution in [3.8, 4) is 5.75 Å². The van der Waals surface area contributed by atoms with E-state index in [9.17, 15) is 0 Å². The minimum Gasteiger partial charge on any atom is -0.496 e. The van der Waals surface area contributed by atoms with Crippen molar-refractivity contribution in [2.75, 3.05) is 20.7 Å². The molecule has 0 fully saturated rings. The molecule has 0 amide bonds. The molecule has 1 rings (SSSR count). The van der Waals surface area contributed by atoms with Crippen molar-refractivity contribution in [1.29, 1.82) is 0 Å². The van der Waals surface area contributed by atoms with Crippen LogP contribution in [-0.4, -0.2) is 31.1 Å². The van der Waals surface area contributed by atoms with Crippen molar-refractivity contribution in [1.82, 2.24) is 4.90 Å². The number of rotatable bonds is 5. The quantitative estimate of drug-likeness (QED) is 0.888. The SMILES string of the molecule is COc1c(C)cc(CN(C)C(C)(C)CN)c(C)c1C. The second kappa shape index (κ2) is 5.93. The molecule has 3 heteroatoms. The minimum atomic E-state index is 0.00811. The third kappa shape index (κ3) is 3.28. The van der Waals surface area contributed by atoms with Crippen LogP contribution in [0.5, 0.6) is 5.75 Å². The van der Waals surface area contributed by atoms with E-state index in [-0.39, 0.29) is 5.54 Å². The molecule has 0 radical (unpaired) electrons. The first kappa shape index (κ1) is 16.0. The second-order valence-corrected chi connectivity index (χ2v) is 6.01. The van der Waals surface area contributed by atoms with Gasteiger partial charge in [-0.3, -0.25) is 4.90 Å². The molecule has 2 N–H and O–H groups in total. The van der Waals surface area contributed by atoms with Crippen molar-refractivity contribution in [2.45, 2.75) is 46.7 Å². The summed E-state index contributed by atoms with van der Waals surface area (Å²) >= 11 is 0. The van der Waals surface area contributed by atoms with Gasteiger partial charge in [0.2, 0.25) is 0 Å². The maximum absolute atomic E-state index is 5.84. The smallest absolute Gasteiger partial charge is 0.124 e. The van der Waals surface area contributed by atoms with Crippen molar-refractivity contribution >= 4 is 0 Å². The molecule has 1 aromatic carbocycles. The largest absolute Gasteiger partial charge is 0.496 e. The van der Waals surface area contributed by atoms with Crippen molar-refractivity contribution in [3.63, 3.8) is 0 Å². The molecule has 0 aliphatic rings. The molecule has 0 unspecified atom stereocenters. The Labute approximate surface area is 117 Å². The fourth-order valence-electron chi connectivity index (χ4n) is 2.25. The summed E-state index contributed by atoms with van der Waals surface area (Å²) < 4.78 is 5.47. The van der Waals surface area contributed by atoms with Gasteiger partial charge in [0, 0.05) is 18.6 Å². The van der Waals surface area contributed by atoms with Gasteiger partial charge in [-0.25, -0.2) is 0 Å². The van der Waals surface area contributed by atoms with Gasteiger partial charge >= 0.3 is 0 Å². The first-order valence-electron chi connectivity index (χ1n) is 6.79. The van der Waals surface area contributed by atoms with Gasteiger partial charge in [0.25, 0.3) is 0 Å². The molecule has 19 heavy (non-hydrogen) atoms. The highest BCUT2D eigenvalue weighted by molar-refractivity contribution is 5.48. The van der Waals surface area contributed by atoms with Crippen LogP contribution >= 0.6 is 0 Å². The van der Waals surface area contributed by atoms with Gasteiger partial charge in [-0.05, 0) is 63.9 Å². The Bertz CT molecular complexity index is 453. The van der Waals surface area contributed by atoms with E-state index in [0.717, 1.165) is 12.3 Å². The van der Waals surface area contributed by atoms with Gasteiger partial charge in [0.05, 0.1) is 7.11 Å². The van der Waals surface area contributed by atoms with E-state index < -0.39 is 0 Å². The summed E-state index contributed by atoms with van der Waals surface area (Å²) in [6.45, 7) is 12.3. The zero-order chi connectivity index (χ0) is 14.8. The Balaban J connectivity index is 3.10. The van der Waals surface area contributed by atoms with Crippen LogP contribution in [0, 0.1) is 20.8 Å². The Morgan fingerprint density at radius 3 is 2.26 bits per heavy atom. The Hall–Kier alpha value is -1.06. The zero-order valence-electron chi connectivity index (χ0n) is 13.4. The topological polar surface area (TPSA) is 38.5 Å². The summed E-state index contributed by atoms with van der Waals surface area (Å²) in [5.74, 6) is 1.00. The number of aryl methyl sites for hydroxylation is 1. The van der Waals surface area contributed by atoms with E-state index in [4.69, 9.17) is 10.5 Å². The Kier molecular flexibility index (Phi) is 4.99. The molecular weight excluding hydrogens is 236 g/mol. The highest BCUT2D eigenvalue weighted by atomic mass is 16.5. The van der Waals surface area contributed by atoms with E-state index >= 15 is 0 Å². The molecule has 0 saturated heterocycles. The summed E-state index contributed by atoms with van der Waals surface area (Å²) in [4.78, 5) is 2.31. The maximum Gasteiger partial charge on any atom is 0.124 e. The van der Waals surface area contributed by atoms with E-state index in [1.54, 1.807) is 7.11 Å². The van der Waals surface area contributed by atoms with Gasteiger partial charge in [-0.2, -0.15) is 0 Å². The first-order chi connectivity index (χ1) is 8.74. The third-order valence-corrected chi connectivity index (χ3v) is 4.28. The Morgan fingerprint density at radius 2 is 1.79 bits per heavy atom. The van der Waals surface area contributed by atoms with E-state index in [1.165, 1.54) is 22.3 Å². The van der Waals surface area contributed by atoms with E-state index in [2.05, 4.69) is 52.6 Å². The van der Waals surface area contributed by atoms with Crippen LogP contribution in [0.1, 0.15) is 36.1 Å². The molecule has 0 heterocycles. The summed E-state index contributed by atoms with van der Waals surface area (Å²) in [7, 11) is 3.86. The average molecular weight is 264 g/mol. The van der Waals surface area contributed by atoms with Gasteiger partial charge in [0.1, 0.15) is 5.75 Å². The summed E-state index contributed by atoms with van der Waals surface area (Å²) in [5.41, 5.74) is 10.9. The lowest BCUT2D eigenvalue weighted by atomic mass is 9.96. The normalized spacial score (nSPS) is 12.1. The number of likely N-dealkylation sites (N-methyl/N-ethyl adjacent to an activating group) is 1. The number of hydrogen-bond acceptors (Lipinski definition) is 3. The molecule has 0 aliphatic heterocycles. The number of ether oxygens (including phenoxy) is 1. The number of nitrogens with two attached hydrogens (primary N) is 1. The Morgan fingerprint density at radius 1 is 1.21 bits per heavy atom. The number of benzene rings is 1. The highest BCUT2D eigenvalue weighted by Crippen LogP contribution is 2.29. The summed E-state index contributed by atoms with van der Waals surface area (Å²) in [6.07, 6.45) is 0. The standard InChI is InChI=1S/C16H28N2O/c1-11-8-14(9-18(6)16(4,5)10-17)12(2)13(3)15(11)19-7/h8H,9-10,17H2,1-7H3. The highest BCUT2D eigenvalue weighted by Gasteiger charge is 2.22. The monoisotopic (exact) mass is 264 g/mol. The molecule has 1 aromatic rings. The van der Waals surface area contributed by atoms with Crippen LogP contribution in [0.2, 0.25) is 0 Å². The van der Waals surface area contributed by atoms with Gasteiger partial charge in [-0.15, -0.1) is 0 Å². The zero-order valence-corrected chi connectivity index (χ0v) is 13.4. The number of methoxy groups -OCH3 is 1.